The van der Waals surface area contributed by atoms with E-state index in [0.29, 0.717) is 6.42 Å². The third-order valence-corrected chi connectivity index (χ3v) is 4.77. The van der Waals surface area contributed by atoms with E-state index in [2.05, 4.69) is 16.3 Å². The summed E-state index contributed by atoms with van der Waals surface area (Å²) in [6.45, 7) is 3.30. The first kappa shape index (κ1) is 29.3. The van der Waals surface area contributed by atoms with Crippen LogP contribution in [0, 0.1) is 0 Å². The summed E-state index contributed by atoms with van der Waals surface area (Å²) < 4.78 is 35.0. The number of carboxylic acids is 1. The van der Waals surface area contributed by atoms with Gasteiger partial charge in [-0.15, -0.1) is 6.58 Å². The summed E-state index contributed by atoms with van der Waals surface area (Å²) >= 11 is 0. The minimum Gasteiger partial charge on any atom is -0.862 e. The summed E-state index contributed by atoms with van der Waals surface area (Å²) in [6.07, 6.45) is 8.35. The van der Waals surface area contributed by atoms with Gasteiger partial charge in [0.2, 0.25) is 0 Å². The van der Waals surface area contributed by atoms with Crippen LogP contribution in [0.25, 0.3) is 0 Å². The van der Waals surface area contributed by atoms with Gasteiger partial charge in [-0.3, -0.25) is 14.1 Å². The van der Waals surface area contributed by atoms with E-state index in [9.17, 15) is 23.1 Å². The van der Waals surface area contributed by atoms with Gasteiger partial charge in [-0.2, -0.15) is 8.42 Å². The Morgan fingerprint density at radius 1 is 1.14 bits per heavy atom. The van der Waals surface area contributed by atoms with Gasteiger partial charge in [0.15, 0.2) is 5.25 Å². The van der Waals surface area contributed by atoms with E-state index in [-0.39, 0.29) is 48.6 Å². The van der Waals surface area contributed by atoms with Gasteiger partial charge < -0.3 is 19.9 Å². The molecule has 0 amide bonds. The van der Waals surface area contributed by atoms with Gasteiger partial charge in [-0.1, -0.05) is 31.8 Å². The topological polar surface area (TPSA) is 153 Å². The standard InChI is InChI=1S/C17H29NO8S.Na/c1-2-3-4-5-6-7-8-9-10-15(19)18-11-12-26-16(20)13-14(17(21)22)27(23,24)25;/h2,14H,1,3-13H2,(H,18,19)(H,21,22)(H,23,24,25);/q;+1/p-1. The van der Waals surface area contributed by atoms with Crippen LogP contribution >= 0.6 is 0 Å². The fourth-order valence-corrected chi connectivity index (χ4v) is 2.81. The molecular formula is C17H28NNaO8S. The molecule has 28 heavy (non-hydrogen) atoms. The summed E-state index contributed by atoms with van der Waals surface area (Å²) in [5.41, 5.74) is 0. The second-order valence-electron chi connectivity index (χ2n) is 5.99. The third-order valence-electron chi connectivity index (χ3n) is 3.68. The fourth-order valence-electron chi connectivity index (χ4n) is 2.21. The Morgan fingerprint density at radius 2 is 1.71 bits per heavy atom. The SMILES string of the molecule is C=CCCCCCCCCC([O-])=NCCOC(=O)CC(C(=O)O)S(=O)(=O)O.[Na+]. The van der Waals surface area contributed by atoms with Gasteiger partial charge in [0.1, 0.15) is 6.61 Å². The Hall–Kier alpha value is -0.940. The molecule has 0 aliphatic heterocycles. The molecule has 0 aromatic rings. The average Bonchev–Trinajstić information content (AvgIpc) is 2.57. The third kappa shape index (κ3) is 16.1. The number of unbranched alkanes of at least 4 members (excludes halogenated alkanes) is 6. The predicted molar refractivity (Wildman–Crippen MR) is 98.0 cm³/mol. The molecule has 0 spiro atoms. The maximum atomic E-state index is 11.6. The molecule has 0 fully saturated rings. The maximum Gasteiger partial charge on any atom is 1.00 e. The molecule has 0 aliphatic rings. The van der Waals surface area contributed by atoms with Crippen LogP contribution in [0.15, 0.2) is 17.6 Å². The molecule has 2 N–H and O–H groups in total. The second-order valence-corrected chi connectivity index (χ2v) is 7.59. The van der Waals surface area contributed by atoms with E-state index >= 15 is 0 Å². The normalized spacial score (nSPS) is 12.7. The van der Waals surface area contributed by atoms with E-state index < -0.39 is 33.7 Å². The Morgan fingerprint density at radius 3 is 2.25 bits per heavy atom. The van der Waals surface area contributed by atoms with Crippen molar-refractivity contribution >= 4 is 28.0 Å². The summed E-state index contributed by atoms with van der Waals surface area (Å²) in [5, 5.41) is 17.9. The molecule has 0 bridgehead atoms. The van der Waals surface area contributed by atoms with Crippen LogP contribution in [0.5, 0.6) is 0 Å². The Balaban J connectivity index is 0. The number of ether oxygens (including phenoxy) is 1. The van der Waals surface area contributed by atoms with Gasteiger partial charge in [0, 0.05) is 0 Å². The minimum atomic E-state index is -4.91. The zero-order valence-corrected chi connectivity index (χ0v) is 19.2. The van der Waals surface area contributed by atoms with Crippen LogP contribution in [0.1, 0.15) is 57.8 Å². The molecule has 1 unspecified atom stereocenters. The van der Waals surface area contributed by atoms with Crippen LogP contribution in [-0.4, -0.2) is 54.3 Å². The van der Waals surface area contributed by atoms with Crippen molar-refractivity contribution in [2.24, 2.45) is 4.99 Å². The van der Waals surface area contributed by atoms with Crippen molar-refractivity contribution in [1.29, 1.82) is 0 Å². The van der Waals surface area contributed by atoms with Gasteiger partial charge in [0.05, 0.1) is 13.0 Å². The van der Waals surface area contributed by atoms with Crippen LogP contribution in [-0.2, 0) is 24.4 Å². The average molecular weight is 429 g/mol. The van der Waals surface area contributed by atoms with E-state index in [1.165, 1.54) is 0 Å². The molecule has 0 rings (SSSR count). The van der Waals surface area contributed by atoms with Gasteiger partial charge >= 0.3 is 41.5 Å². The summed E-state index contributed by atoms with van der Waals surface area (Å²) in [6, 6.07) is 0. The van der Waals surface area contributed by atoms with Crippen molar-refractivity contribution in [3.05, 3.63) is 12.7 Å². The number of aliphatic imine (C=N–C) groups is 1. The van der Waals surface area contributed by atoms with Crippen LogP contribution < -0.4 is 34.7 Å². The van der Waals surface area contributed by atoms with Crippen molar-refractivity contribution < 1.29 is 67.1 Å². The Kier molecular flexibility index (Phi) is 17.7. The van der Waals surface area contributed by atoms with Crippen molar-refractivity contribution in [1.82, 2.24) is 0 Å². The minimum absolute atomic E-state index is 0. The van der Waals surface area contributed by atoms with Crippen molar-refractivity contribution in [2.45, 2.75) is 63.0 Å². The number of carboxylic acid groups (broad SMARTS) is 1. The number of hydrogen-bond acceptors (Lipinski definition) is 7. The van der Waals surface area contributed by atoms with Gasteiger partial charge in [-0.05, 0) is 31.6 Å². The summed E-state index contributed by atoms with van der Waals surface area (Å²) in [5.74, 6) is -3.27. The monoisotopic (exact) mass is 429 g/mol. The first-order chi connectivity index (χ1) is 12.7. The molecule has 0 aromatic carbocycles. The maximum absolute atomic E-state index is 11.6. The quantitative estimate of drug-likeness (QED) is 0.0562. The number of allylic oxidation sites excluding steroid dienone is 1. The van der Waals surface area contributed by atoms with Crippen molar-refractivity contribution in [2.75, 3.05) is 13.2 Å². The molecule has 0 saturated carbocycles. The van der Waals surface area contributed by atoms with Crippen molar-refractivity contribution in [3.8, 4) is 0 Å². The fraction of sp³-hybridized carbons (Fsp3) is 0.706. The van der Waals surface area contributed by atoms with Gasteiger partial charge in [0.25, 0.3) is 10.1 Å². The molecule has 1 atom stereocenters. The molecule has 0 aromatic heterocycles. The number of rotatable bonds is 16. The zero-order chi connectivity index (χ0) is 20.7. The van der Waals surface area contributed by atoms with E-state index in [1.807, 2.05) is 6.08 Å². The number of carbonyl (C=O) groups is 2. The first-order valence-corrected chi connectivity index (χ1v) is 10.3. The molecule has 0 saturated heterocycles. The smallest absolute Gasteiger partial charge is 0.862 e. The molecular weight excluding hydrogens is 401 g/mol. The first-order valence-electron chi connectivity index (χ1n) is 8.84. The predicted octanol–water partition coefficient (Wildman–Crippen LogP) is -1.67. The summed E-state index contributed by atoms with van der Waals surface area (Å²) in [4.78, 5) is 25.8. The Bertz CT molecular complexity index is 606. The number of esters is 1. The van der Waals surface area contributed by atoms with Crippen LogP contribution in [0.3, 0.4) is 0 Å². The largest absolute Gasteiger partial charge is 1.00 e. The number of carbonyl (C=O) groups excluding carboxylic acids is 1. The molecule has 9 nitrogen and oxygen atoms in total. The van der Waals surface area contributed by atoms with E-state index in [1.54, 1.807) is 0 Å². The van der Waals surface area contributed by atoms with E-state index in [4.69, 9.17) is 9.66 Å². The number of nitrogens with zero attached hydrogens (tertiary/aromatic N) is 1. The molecule has 0 heterocycles. The number of aliphatic carboxylic acids is 1. The van der Waals surface area contributed by atoms with Crippen molar-refractivity contribution in [3.63, 3.8) is 0 Å². The molecule has 0 aliphatic carbocycles. The molecule has 11 heteroatoms. The second kappa shape index (κ2) is 17.0. The molecule has 156 valence electrons. The Labute approximate surface area is 188 Å². The van der Waals surface area contributed by atoms with Crippen LogP contribution in [0.4, 0.5) is 0 Å². The van der Waals surface area contributed by atoms with Crippen LogP contribution in [0.2, 0.25) is 0 Å². The number of hydrogen-bond donors (Lipinski definition) is 2. The summed E-state index contributed by atoms with van der Waals surface area (Å²) in [7, 11) is -4.91. The molecule has 0 radical (unpaired) electrons. The van der Waals surface area contributed by atoms with Gasteiger partial charge in [-0.25, -0.2) is 0 Å². The zero-order valence-electron chi connectivity index (χ0n) is 16.3. The van der Waals surface area contributed by atoms with E-state index in [0.717, 1.165) is 44.9 Å².